The van der Waals surface area contributed by atoms with Crippen LogP contribution in [0.1, 0.15) is 9.67 Å². The molecule has 1 aliphatic heterocycles. The van der Waals surface area contributed by atoms with Gasteiger partial charge in [-0.1, -0.05) is 0 Å². The Morgan fingerprint density at radius 2 is 2.20 bits per heavy atom. The number of methoxy groups -OCH3 is 2. The molecule has 0 aliphatic carbocycles. The van der Waals surface area contributed by atoms with Crippen molar-refractivity contribution < 1.29 is 22.7 Å². The summed E-state index contributed by atoms with van der Waals surface area (Å²) in [5, 5.41) is 4.59. The van der Waals surface area contributed by atoms with Gasteiger partial charge < -0.3 is 14.8 Å². The minimum Gasteiger partial charge on any atom is -0.465 e. The minimum atomic E-state index is -3.79. The van der Waals surface area contributed by atoms with E-state index in [1.165, 1.54) is 20.3 Å². The van der Waals surface area contributed by atoms with Crippen LogP contribution in [0, 0.1) is 0 Å². The number of rotatable bonds is 5. The Kier molecular flexibility index (Phi) is 4.76. The quantitative estimate of drug-likeness (QED) is 0.730. The molecule has 1 unspecified atom stereocenters. The molecule has 2 heterocycles. The van der Waals surface area contributed by atoms with E-state index in [0.29, 0.717) is 13.1 Å². The first-order chi connectivity index (χ1) is 9.49. The molecule has 0 radical (unpaired) electrons. The zero-order valence-electron chi connectivity index (χ0n) is 11.1. The number of esters is 1. The number of sulfonamides is 1. The Bertz CT molecular complexity index is 583. The van der Waals surface area contributed by atoms with Gasteiger partial charge in [-0.15, -0.1) is 11.3 Å². The van der Waals surface area contributed by atoms with Crippen molar-refractivity contribution in [3.63, 3.8) is 0 Å². The SMILES string of the molecule is COC(=O)c1sccc1S(=O)(=O)NC1CNC[C@@H]1OC. The van der Waals surface area contributed by atoms with E-state index >= 15 is 0 Å². The second-order valence-corrected chi connectivity index (χ2v) is 6.86. The third kappa shape index (κ3) is 3.01. The fraction of sp³-hybridized carbons (Fsp3) is 0.545. The summed E-state index contributed by atoms with van der Waals surface area (Å²) in [6, 6.07) is 1.03. The lowest BCUT2D eigenvalue weighted by Crippen LogP contribution is -2.43. The van der Waals surface area contributed by atoms with Gasteiger partial charge >= 0.3 is 5.97 Å². The average molecular weight is 320 g/mol. The Hall–Kier alpha value is -1.00. The van der Waals surface area contributed by atoms with E-state index in [-0.39, 0.29) is 21.9 Å². The molecular weight excluding hydrogens is 304 g/mol. The fourth-order valence-electron chi connectivity index (χ4n) is 2.03. The molecule has 0 spiro atoms. The van der Waals surface area contributed by atoms with Gasteiger partial charge in [0.1, 0.15) is 9.77 Å². The van der Waals surface area contributed by atoms with Crippen LogP contribution < -0.4 is 10.0 Å². The maximum absolute atomic E-state index is 12.4. The van der Waals surface area contributed by atoms with E-state index in [9.17, 15) is 13.2 Å². The first-order valence-electron chi connectivity index (χ1n) is 5.91. The van der Waals surface area contributed by atoms with Gasteiger partial charge in [-0.2, -0.15) is 0 Å². The van der Waals surface area contributed by atoms with Crippen LogP contribution >= 0.6 is 11.3 Å². The standard InChI is InChI=1S/C11H16N2O5S2/c1-17-8-6-12-5-7(8)13-20(15,16)9-3-4-19-10(9)11(14)18-2/h3-4,7-8,12-13H,5-6H2,1-2H3/t7?,8-/m0/s1. The van der Waals surface area contributed by atoms with Gasteiger partial charge in [0.25, 0.3) is 0 Å². The van der Waals surface area contributed by atoms with E-state index in [4.69, 9.17) is 4.74 Å². The highest BCUT2D eigenvalue weighted by atomic mass is 32.2. The summed E-state index contributed by atoms with van der Waals surface area (Å²) in [6.45, 7) is 1.06. The Labute approximate surface area is 121 Å². The molecule has 2 atom stereocenters. The molecule has 0 amide bonds. The Balaban J connectivity index is 2.23. The van der Waals surface area contributed by atoms with E-state index in [1.54, 1.807) is 5.38 Å². The fourth-order valence-corrected chi connectivity index (χ4v) is 4.63. The number of carbonyl (C=O) groups is 1. The first kappa shape index (κ1) is 15.4. The van der Waals surface area contributed by atoms with Crippen molar-refractivity contribution in [3.8, 4) is 0 Å². The Morgan fingerprint density at radius 3 is 2.85 bits per heavy atom. The van der Waals surface area contributed by atoms with Crippen molar-refractivity contribution in [3.05, 3.63) is 16.3 Å². The molecule has 112 valence electrons. The normalized spacial score (nSPS) is 22.9. The van der Waals surface area contributed by atoms with E-state index in [0.717, 1.165) is 11.3 Å². The van der Waals surface area contributed by atoms with Crippen molar-refractivity contribution >= 4 is 27.3 Å². The molecule has 0 bridgehead atoms. The average Bonchev–Trinajstić information content (AvgIpc) is 3.05. The third-order valence-electron chi connectivity index (χ3n) is 3.06. The van der Waals surface area contributed by atoms with Crippen LogP contribution in [0.2, 0.25) is 0 Å². The molecular formula is C11H16N2O5S2. The van der Waals surface area contributed by atoms with E-state index in [1.807, 2.05) is 0 Å². The van der Waals surface area contributed by atoms with E-state index < -0.39 is 16.0 Å². The number of nitrogens with one attached hydrogen (secondary N) is 2. The van der Waals surface area contributed by atoms with Crippen LogP contribution in [0.4, 0.5) is 0 Å². The van der Waals surface area contributed by atoms with Crippen LogP contribution in [0.15, 0.2) is 16.3 Å². The summed E-state index contributed by atoms with van der Waals surface area (Å²) in [6.07, 6.45) is -0.231. The lowest BCUT2D eigenvalue weighted by Gasteiger charge is -2.18. The number of hydrogen-bond acceptors (Lipinski definition) is 7. The van der Waals surface area contributed by atoms with Crippen LogP contribution in [-0.4, -0.2) is 53.8 Å². The van der Waals surface area contributed by atoms with Gasteiger partial charge in [-0.25, -0.2) is 17.9 Å². The predicted octanol–water partition coefficient (Wildman–Crippen LogP) is -0.200. The van der Waals surface area contributed by atoms with Crippen LogP contribution in [0.25, 0.3) is 0 Å². The van der Waals surface area contributed by atoms with Crippen molar-refractivity contribution in [1.29, 1.82) is 0 Å². The zero-order chi connectivity index (χ0) is 14.8. The van der Waals surface area contributed by atoms with Crippen molar-refractivity contribution in [2.45, 2.75) is 17.0 Å². The highest BCUT2D eigenvalue weighted by molar-refractivity contribution is 7.89. The van der Waals surface area contributed by atoms with Crippen molar-refractivity contribution in [1.82, 2.24) is 10.0 Å². The molecule has 0 saturated carbocycles. The second-order valence-electron chi connectivity index (χ2n) is 4.27. The molecule has 7 nitrogen and oxygen atoms in total. The third-order valence-corrected chi connectivity index (χ3v) is 5.61. The summed E-state index contributed by atoms with van der Waals surface area (Å²) >= 11 is 1.03. The molecule has 1 fully saturated rings. The summed E-state index contributed by atoms with van der Waals surface area (Å²) in [4.78, 5) is 11.6. The van der Waals surface area contributed by atoms with Gasteiger partial charge in [0.15, 0.2) is 0 Å². The molecule has 1 aromatic rings. The van der Waals surface area contributed by atoms with Crippen molar-refractivity contribution in [2.75, 3.05) is 27.3 Å². The highest BCUT2D eigenvalue weighted by Crippen LogP contribution is 2.23. The Morgan fingerprint density at radius 1 is 1.45 bits per heavy atom. The minimum absolute atomic E-state index is 0.0592. The number of carbonyl (C=O) groups excluding carboxylic acids is 1. The van der Waals surface area contributed by atoms with Gasteiger partial charge in [-0.05, 0) is 11.4 Å². The topological polar surface area (TPSA) is 93.7 Å². The molecule has 1 saturated heterocycles. The summed E-state index contributed by atoms with van der Waals surface area (Å²) in [7, 11) is -1.04. The van der Waals surface area contributed by atoms with E-state index in [2.05, 4.69) is 14.8 Å². The monoisotopic (exact) mass is 320 g/mol. The second kappa shape index (κ2) is 6.19. The molecule has 2 rings (SSSR count). The summed E-state index contributed by atoms with van der Waals surface area (Å²) in [5.41, 5.74) is 0. The predicted molar refractivity (Wildman–Crippen MR) is 73.4 cm³/mol. The summed E-state index contributed by atoms with van der Waals surface area (Å²) in [5.74, 6) is -0.659. The maximum atomic E-state index is 12.4. The van der Waals surface area contributed by atoms with Gasteiger partial charge in [-0.3, -0.25) is 0 Å². The van der Waals surface area contributed by atoms with Gasteiger partial charge in [0.05, 0.1) is 19.3 Å². The lowest BCUT2D eigenvalue weighted by molar-refractivity contribution is 0.0602. The van der Waals surface area contributed by atoms with Crippen LogP contribution in [-0.2, 0) is 19.5 Å². The van der Waals surface area contributed by atoms with Gasteiger partial charge in [0, 0.05) is 20.2 Å². The first-order valence-corrected chi connectivity index (χ1v) is 8.27. The molecule has 1 aromatic heterocycles. The highest BCUT2D eigenvalue weighted by Gasteiger charge is 2.33. The largest absolute Gasteiger partial charge is 0.465 e. The number of hydrogen-bond donors (Lipinski definition) is 2. The van der Waals surface area contributed by atoms with Crippen LogP contribution in [0.5, 0.6) is 0 Å². The smallest absolute Gasteiger partial charge is 0.349 e. The van der Waals surface area contributed by atoms with Crippen LogP contribution in [0.3, 0.4) is 0 Å². The molecule has 20 heavy (non-hydrogen) atoms. The van der Waals surface area contributed by atoms with Gasteiger partial charge in [0.2, 0.25) is 10.0 Å². The molecule has 1 aliphatic rings. The molecule has 0 aromatic carbocycles. The zero-order valence-corrected chi connectivity index (χ0v) is 12.7. The van der Waals surface area contributed by atoms with Crippen molar-refractivity contribution in [2.24, 2.45) is 0 Å². The maximum Gasteiger partial charge on any atom is 0.349 e. The number of ether oxygens (including phenoxy) is 2. The molecule has 2 N–H and O–H groups in total. The molecule has 9 heteroatoms. The number of thiophene rings is 1. The summed E-state index contributed by atoms with van der Waals surface area (Å²) < 4.78 is 37.1. The lowest BCUT2D eigenvalue weighted by atomic mass is 10.2.